The summed E-state index contributed by atoms with van der Waals surface area (Å²) >= 11 is 0. The van der Waals surface area contributed by atoms with E-state index in [1.54, 1.807) is 4.90 Å². The molecule has 0 saturated heterocycles. The highest BCUT2D eigenvalue weighted by Gasteiger charge is 2.17. The number of nitrogens with two attached hydrogens (primary N) is 1. The second kappa shape index (κ2) is 9.16. The van der Waals surface area contributed by atoms with Gasteiger partial charge in [0.1, 0.15) is 0 Å². The summed E-state index contributed by atoms with van der Waals surface area (Å²) in [5, 5.41) is 4.60. The average molecular weight is 331 g/mol. The second-order valence-electron chi connectivity index (χ2n) is 6.31. The third-order valence-electron chi connectivity index (χ3n) is 4.05. The van der Waals surface area contributed by atoms with Crippen molar-refractivity contribution in [2.24, 2.45) is 11.7 Å². The zero-order valence-corrected chi connectivity index (χ0v) is 15.5. The number of hydrogen-bond donors (Lipinski definition) is 1. The van der Waals surface area contributed by atoms with Gasteiger partial charge in [0.15, 0.2) is 0 Å². The highest BCUT2D eigenvalue weighted by atomic mass is 35.5. The lowest BCUT2D eigenvalue weighted by atomic mass is 10.1. The first-order chi connectivity index (χ1) is 9.77. The van der Waals surface area contributed by atoms with E-state index in [0.717, 1.165) is 18.7 Å². The van der Waals surface area contributed by atoms with Gasteiger partial charge in [0.25, 0.3) is 0 Å². The Morgan fingerprint density at radius 1 is 1.32 bits per heavy atom. The molecular formula is C16H31ClN4O. The van der Waals surface area contributed by atoms with Gasteiger partial charge in [-0.05, 0) is 38.7 Å². The molecule has 1 aromatic heterocycles. The van der Waals surface area contributed by atoms with Crippen molar-refractivity contribution in [1.29, 1.82) is 0 Å². The van der Waals surface area contributed by atoms with E-state index in [2.05, 4.69) is 30.6 Å². The highest BCUT2D eigenvalue weighted by Crippen LogP contribution is 2.17. The minimum Gasteiger partial charge on any atom is -0.342 e. The van der Waals surface area contributed by atoms with E-state index < -0.39 is 0 Å². The molecule has 1 aromatic rings. The molecular weight excluding hydrogens is 300 g/mol. The van der Waals surface area contributed by atoms with Crippen LogP contribution in [-0.4, -0.2) is 40.2 Å². The van der Waals surface area contributed by atoms with Crippen molar-refractivity contribution in [3.63, 3.8) is 0 Å². The van der Waals surface area contributed by atoms with Gasteiger partial charge in [-0.25, -0.2) is 0 Å². The first kappa shape index (κ1) is 20.9. The van der Waals surface area contributed by atoms with Crippen molar-refractivity contribution >= 4 is 18.3 Å². The fourth-order valence-electron chi connectivity index (χ4n) is 2.43. The van der Waals surface area contributed by atoms with Crippen LogP contribution in [-0.2, 0) is 17.8 Å². The lowest BCUT2D eigenvalue weighted by Gasteiger charge is -2.23. The van der Waals surface area contributed by atoms with E-state index in [9.17, 15) is 4.79 Å². The third kappa shape index (κ3) is 5.29. The van der Waals surface area contributed by atoms with Crippen LogP contribution in [0.15, 0.2) is 0 Å². The summed E-state index contributed by atoms with van der Waals surface area (Å²) in [7, 11) is 1.82. The van der Waals surface area contributed by atoms with Crippen molar-refractivity contribution in [1.82, 2.24) is 14.7 Å². The van der Waals surface area contributed by atoms with E-state index in [-0.39, 0.29) is 24.4 Å². The highest BCUT2D eigenvalue weighted by molar-refractivity contribution is 5.85. The summed E-state index contributed by atoms with van der Waals surface area (Å²) in [6.07, 6.45) is 1.26. The number of amides is 1. The summed E-state index contributed by atoms with van der Waals surface area (Å²) in [6, 6.07) is 0.0864. The number of aryl methyl sites for hydroxylation is 1. The van der Waals surface area contributed by atoms with Crippen LogP contribution >= 0.6 is 12.4 Å². The number of hydrogen-bond acceptors (Lipinski definition) is 3. The summed E-state index contributed by atoms with van der Waals surface area (Å²) in [6.45, 7) is 11.9. The molecule has 1 amide bonds. The van der Waals surface area contributed by atoms with E-state index in [0.29, 0.717) is 18.9 Å². The van der Waals surface area contributed by atoms with Crippen LogP contribution in [0.5, 0.6) is 0 Å². The molecule has 0 aliphatic rings. The summed E-state index contributed by atoms with van der Waals surface area (Å²) < 4.78 is 2.06. The zero-order chi connectivity index (χ0) is 16.2. The van der Waals surface area contributed by atoms with Crippen molar-refractivity contribution < 1.29 is 4.79 Å². The minimum absolute atomic E-state index is 0. The number of aromatic nitrogens is 2. The Morgan fingerprint density at radius 2 is 1.91 bits per heavy atom. The van der Waals surface area contributed by atoms with Gasteiger partial charge in [0.05, 0.1) is 5.69 Å². The van der Waals surface area contributed by atoms with Crippen molar-refractivity contribution in [3.05, 3.63) is 17.0 Å². The number of carbonyl (C=O) groups excluding carboxylic acids is 1. The van der Waals surface area contributed by atoms with Crippen molar-refractivity contribution in [3.8, 4) is 0 Å². The van der Waals surface area contributed by atoms with Gasteiger partial charge in [0, 0.05) is 38.3 Å². The molecule has 2 N–H and O–H groups in total. The van der Waals surface area contributed by atoms with Gasteiger partial charge in [0.2, 0.25) is 5.91 Å². The van der Waals surface area contributed by atoms with Gasteiger partial charge < -0.3 is 10.6 Å². The Labute approximate surface area is 140 Å². The maximum Gasteiger partial charge on any atom is 0.222 e. The number of halogens is 1. The Kier molecular flexibility index (Phi) is 8.71. The SMILES string of the molecule is Cc1nn(CC(C)C)c(C)c1CCC(=O)N(C)C(C)CN.Cl. The average Bonchev–Trinajstić information content (AvgIpc) is 2.68. The molecule has 0 aliphatic carbocycles. The van der Waals surface area contributed by atoms with Crippen LogP contribution in [0.2, 0.25) is 0 Å². The Morgan fingerprint density at radius 3 is 2.41 bits per heavy atom. The maximum atomic E-state index is 12.2. The fraction of sp³-hybridized carbons (Fsp3) is 0.750. The first-order valence-corrected chi connectivity index (χ1v) is 7.76. The lowest BCUT2D eigenvalue weighted by Crippen LogP contribution is -2.39. The minimum atomic E-state index is 0. The van der Waals surface area contributed by atoms with Crippen LogP contribution < -0.4 is 5.73 Å². The molecule has 1 unspecified atom stereocenters. The molecule has 0 spiro atoms. The summed E-state index contributed by atoms with van der Waals surface area (Å²) in [5.74, 6) is 0.706. The first-order valence-electron chi connectivity index (χ1n) is 7.76. The van der Waals surface area contributed by atoms with Crippen molar-refractivity contribution in [2.45, 2.75) is 60.0 Å². The zero-order valence-electron chi connectivity index (χ0n) is 14.7. The van der Waals surface area contributed by atoms with E-state index in [1.807, 2.05) is 20.9 Å². The summed E-state index contributed by atoms with van der Waals surface area (Å²) in [5.41, 5.74) is 9.04. The topological polar surface area (TPSA) is 64.2 Å². The van der Waals surface area contributed by atoms with Crippen LogP contribution in [0.25, 0.3) is 0 Å². The normalized spacial score (nSPS) is 12.2. The Bertz CT molecular complexity index is 485. The quantitative estimate of drug-likeness (QED) is 0.834. The molecule has 1 atom stereocenters. The third-order valence-corrected chi connectivity index (χ3v) is 4.05. The molecule has 0 aromatic carbocycles. The molecule has 1 heterocycles. The van der Waals surface area contributed by atoms with Gasteiger partial charge in [-0.1, -0.05) is 13.8 Å². The van der Waals surface area contributed by atoms with Crippen molar-refractivity contribution in [2.75, 3.05) is 13.6 Å². The molecule has 0 aliphatic heterocycles. The number of carbonyl (C=O) groups is 1. The van der Waals surface area contributed by atoms with Crippen LogP contribution in [0.4, 0.5) is 0 Å². The molecule has 1 rings (SSSR count). The van der Waals surface area contributed by atoms with Crippen LogP contribution in [0, 0.1) is 19.8 Å². The fourth-order valence-corrected chi connectivity index (χ4v) is 2.43. The Balaban J connectivity index is 0.00000441. The molecule has 22 heavy (non-hydrogen) atoms. The number of nitrogens with zero attached hydrogens (tertiary/aromatic N) is 3. The van der Waals surface area contributed by atoms with Gasteiger partial charge in [-0.2, -0.15) is 5.10 Å². The van der Waals surface area contributed by atoms with Crippen LogP contribution in [0.1, 0.15) is 44.1 Å². The van der Waals surface area contributed by atoms with E-state index in [1.165, 1.54) is 11.3 Å². The van der Waals surface area contributed by atoms with Gasteiger partial charge in [-0.15, -0.1) is 12.4 Å². The standard InChI is InChI=1S/C16H30N4O.ClH/c1-11(2)10-20-14(5)15(13(4)18-20)7-8-16(21)19(6)12(3)9-17;/h11-12H,7-10,17H2,1-6H3;1H. The number of rotatable bonds is 7. The molecule has 0 fully saturated rings. The smallest absolute Gasteiger partial charge is 0.222 e. The van der Waals surface area contributed by atoms with Crippen LogP contribution in [0.3, 0.4) is 0 Å². The van der Waals surface area contributed by atoms with Gasteiger partial charge in [-0.3, -0.25) is 9.48 Å². The van der Waals surface area contributed by atoms with E-state index in [4.69, 9.17) is 5.73 Å². The predicted octanol–water partition coefficient (Wildman–Crippen LogP) is 2.32. The molecule has 128 valence electrons. The largest absolute Gasteiger partial charge is 0.342 e. The molecule has 0 bridgehead atoms. The second-order valence-corrected chi connectivity index (χ2v) is 6.31. The predicted molar refractivity (Wildman–Crippen MR) is 93.4 cm³/mol. The molecule has 0 radical (unpaired) electrons. The number of likely N-dealkylation sites (N-methyl/N-ethyl adjacent to an activating group) is 1. The summed E-state index contributed by atoms with van der Waals surface area (Å²) in [4.78, 5) is 13.9. The monoisotopic (exact) mass is 330 g/mol. The maximum absolute atomic E-state index is 12.2. The molecule has 5 nitrogen and oxygen atoms in total. The van der Waals surface area contributed by atoms with E-state index >= 15 is 0 Å². The molecule has 0 saturated carbocycles. The Hall–Kier alpha value is -1.07. The lowest BCUT2D eigenvalue weighted by molar-refractivity contribution is -0.131. The van der Waals surface area contributed by atoms with Gasteiger partial charge >= 0.3 is 0 Å². The molecule has 6 heteroatoms.